The zero-order valence-electron chi connectivity index (χ0n) is 14.7. The zero-order valence-corrected chi connectivity index (χ0v) is 15.5. The quantitative estimate of drug-likeness (QED) is 0.857. The maximum atomic E-state index is 12.3. The number of nitrogens with zero attached hydrogens (tertiary/aromatic N) is 3. The molecule has 0 saturated heterocycles. The summed E-state index contributed by atoms with van der Waals surface area (Å²) in [5.74, 6) is 0.344. The Morgan fingerprint density at radius 3 is 2.96 bits per heavy atom. The van der Waals surface area contributed by atoms with Gasteiger partial charge in [-0.3, -0.25) is 14.2 Å². The predicted molar refractivity (Wildman–Crippen MR) is 98.7 cm³/mol. The molecule has 2 aromatic heterocycles. The van der Waals surface area contributed by atoms with E-state index in [1.807, 2.05) is 5.38 Å². The van der Waals surface area contributed by atoms with E-state index in [4.69, 9.17) is 0 Å². The first-order chi connectivity index (χ1) is 11.8. The second-order valence-electron chi connectivity index (χ2n) is 7.90. The Kier molecular flexibility index (Phi) is 3.61. The molecule has 2 atom stereocenters. The van der Waals surface area contributed by atoms with E-state index in [2.05, 4.69) is 36.3 Å². The number of aromatic nitrogens is 2. The highest BCUT2D eigenvalue weighted by atomic mass is 32.1. The van der Waals surface area contributed by atoms with Gasteiger partial charge in [-0.2, -0.15) is 5.10 Å². The lowest BCUT2D eigenvalue weighted by Crippen LogP contribution is -2.35. The van der Waals surface area contributed by atoms with E-state index in [9.17, 15) is 9.59 Å². The Morgan fingerprint density at radius 2 is 2.28 bits per heavy atom. The topological polar surface area (TPSA) is 76.3 Å². The monoisotopic (exact) mass is 358 g/mol. The molecular weight excluding hydrogens is 336 g/mol. The van der Waals surface area contributed by atoms with Crippen LogP contribution in [-0.2, 0) is 11.3 Å². The molecule has 2 heterocycles. The molecule has 7 heteroatoms. The summed E-state index contributed by atoms with van der Waals surface area (Å²) in [5.41, 5.74) is 3.82. The Bertz CT molecular complexity index is 942. The molecule has 2 saturated carbocycles. The predicted octanol–water partition coefficient (Wildman–Crippen LogP) is 2.78. The fourth-order valence-electron chi connectivity index (χ4n) is 4.42. The summed E-state index contributed by atoms with van der Waals surface area (Å²) < 4.78 is 1.33. The molecule has 0 aliphatic heterocycles. The number of nitrogens with one attached hydrogen (secondary N) is 1. The summed E-state index contributed by atoms with van der Waals surface area (Å²) in [6, 6.07) is 1.74. The van der Waals surface area contributed by atoms with Gasteiger partial charge in [0.2, 0.25) is 0 Å². The van der Waals surface area contributed by atoms with Gasteiger partial charge in [-0.25, -0.2) is 10.4 Å². The molecule has 2 aliphatic carbocycles. The number of hydrogen-bond donors (Lipinski definition) is 1. The first-order valence-corrected chi connectivity index (χ1v) is 9.49. The lowest BCUT2D eigenvalue weighted by atomic mass is 9.70. The molecule has 1 N–H and O–H groups in total. The smallest absolute Gasteiger partial charge is 0.262 e. The second-order valence-corrected chi connectivity index (χ2v) is 8.80. The number of carbonyl (C=O) groups is 1. The average Bonchev–Trinajstić information content (AvgIpc) is 3.18. The summed E-state index contributed by atoms with van der Waals surface area (Å²) in [4.78, 5) is 29.5. The maximum Gasteiger partial charge on any atom is 0.262 e. The maximum absolute atomic E-state index is 12.3. The van der Waals surface area contributed by atoms with E-state index in [0.717, 1.165) is 18.6 Å². The van der Waals surface area contributed by atoms with E-state index in [0.29, 0.717) is 16.1 Å². The number of rotatable bonds is 3. The molecule has 2 bridgehead atoms. The Balaban J connectivity index is 1.50. The molecule has 2 unspecified atom stereocenters. The van der Waals surface area contributed by atoms with E-state index in [1.165, 1.54) is 28.7 Å². The highest BCUT2D eigenvalue weighted by Crippen LogP contribution is 2.63. The third-order valence-corrected chi connectivity index (χ3v) is 7.41. The van der Waals surface area contributed by atoms with Gasteiger partial charge in [-0.1, -0.05) is 20.8 Å². The number of fused-ring (bicyclic) bond motifs is 3. The van der Waals surface area contributed by atoms with Gasteiger partial charge in [0.1, 0.15) is 11.4 Å². The minimum Gasteiger partial charge on any atom is -0.289 e. The molecule has 6 nitrogen and oxygen atoms in total. The zero-order chi connectivity index (χ0) is 17.8. The van der Waals surface area contributed by atoms with Gasteiger partial charge in [-0.15, -0.1) is 11.3 Å². The van der Waals surface area contributed by atoms with E-state index in [-0.39, 0.29) is 28.8 Å². The summed E-state index contributed by atoms with van der Waals surface area (Å²) >= 11 is 1.42. The number of amides is 1. The van der Waals surface area contributed by atoms with Crippen LogP contribution in [-0.4, -0.2) is 21.2 Å². The van der Waals surface area contributed by atoms with Crippen molar-refractivity contribution in [3.05, 3.63) is 28.1 Å². The third-order valence-electron chi connectivity index (χ3n) is 6.59. The minimum atomic E-state index is -0.296. The largest absolute Gasteiger partial charge is 0.289 e. The number of hydrazone groups is 1. The van der Waals surface area contributed by atoms with Crippen molar-refractivity contribution in [1.29, 1.82) is 0 Å². The number of thiophene rings is 1. The fraction of sp³-hybridized carbons (Fsp3) is 0.556. The lowest BCUT2D eigenvalue weighted by molar-refractivity contribution is -0.121. The summed E-state index contributed by atoms with van der Waals surface area (Å²) in [7, 11) is 0. The second kappa shape index (κ2) is 5.49. The molecule has 0 aromatic carbocycles. The minimum absolute atomic E-state index is 0.0545. The first kappa shape index (κ1) is 16.4. The van der Waals surface area contributed by atoms with Crippen molar-refractivity contribution >= 4 is 33.2 Å². The molecule has 1 amide bonds. The van der Waals surface area contributed by atoms with Crippen LogP contribution in [0.15, 0.2) is 27.7 Å². The van der Waals surface area contributed by atoms with Crippen molar-refractivity contribution in [2.45, 2.75) is 46.6 Å². The van der Waals surface area contributed by atoms with Gasteiger partial charge in [0.05, 0.1) is 11.7 Å². The van der Waals surface area contributed by atoms with Crippen molar-refractivity contribution in [2.75, 3.05) is 0 Å². The van der Waals surface area contributed by atoms with Gasteiger partial charge < -0.3 is 0 Å². The number of carbonyl (C=O) groups excluding carboxylic acids is 1. The molecule has 2 aliphatic rings. The van der Waals surface area contributed by atoms with E-state index >= 15 is 0 Å². The fourth-order valence-corrected chi connectivity index (χ4v) is 5.15. The molecule has 25 heavy (non-hydrogen) atoms. The van der Waals surface area contributed by atoms with Crippen molar-refractivity contribution < 1.29 is 4.79 Å². The Hall–Kier alpha value is -2.02. The van der Waals surface area contributed by atoms with E-state index < -0.39 is 0 Å². The van der Waals surface area contributed by atoms with Crippen LogP contribution in [0.5, 0.6) is 0 Å². The molecule has 0 spiro atoms. The van der Waals surface area contributed by atoms with Crippen molar-refractivity contribution in [3.63, 3.8) is 0 Å². The molecule has 2 fully saturated rings. The SMILES string of the molecule is CC12CCC(C/C1=N\NC(=O)Cn1cnc3sccc3c1=O)C2(C)C. The molecule has 132 valence electrons. The van der Waals surface area contributed by atoms with Crippen LogP contribution in [0.1, 0.15) is 40.0 Å². The van der Waals surface area contributed by atoms with Crippen LogP contribution in [0, 0.1) is 16.7 Å². The van der Waals surface area contributed by atoms with Crippen molar-refractivity contribution in [1.82, 2.24) is 15.0 Å². The molecule has 0 radical (unpaired) electrons. The Morgan fingerprint density at radius 1 is 1.48 bits per heavy atom. The van der Waals surface area contributed by atoms with Gasteiger partial charge in [0, 0.05) is 11.1 Å². The van der Waals surface area contributed by atoms with Crippen LogP contribution in [0.4, 0.5) is 0 Å². The molecular formula is C18H22N4O2S. The number of hydrogen-bond acceptors (Lipinski definition) is 5. The highest BCUT2D eigenvalue weighted by molar-refractivity contribution is 7.16. The standard InChI is InChI=1S/C18H22N4O2S/c1-17(2)11-4-6-18(17,3)13(8-11)20-21-14(23)9-22-10-19-15-12(16(22)24)5-7-25-15/h5,7,10-11H,4,6,8-9H2,1-3H3,(H,21,23)/b20-13+. The van der Waals surface area contributed by atoms with Gasteiger partial charge in [0.25, 0.3) is 11.5 Å². The van der Waals surface area contributed by atoms with E-state index in [1.54, 1.807) is 6.07 Å². The van der Waals surface area contributed by atoms with Crippen molar-refractivity contribution in [3.8, 4) is 0 Å². The molecule has 4 rings (SSSR count). The van der Waals surface area contributed by atoms with Gasteiger partial charge in [-0.05, 0) is 42.0 Å². The van der Waals surface area contributed by atoms with Crippen LogP contribution in [0.2, 0.25) is 0 Å². The van der Waals surface area contributed by atoms with Gasteiger partial charge in [0.15, 0.2) is 0 Å². The van der Waals surface area contributed by atoms with Crippen LogP contribution < -0.4 is 11.0 Å². The average molecular weight is 358 g/mol. The summed E-state index contributed by atoms with van der Waals surface area (Å²) in [6.07, 6.45) is 4.73. The first-order valence-electron chi connectivity index (χ1n) is 8.61. The normalized spacial score (nSPS) is 28.8. The van der Waals surface area contributed by atoms with Gasteiger partial charge >= 0.3 is 0 Å². The highest BCUT2D eigenvalue weighted by Gasteiger charge is 2.59. The van der Waals surface area contributed by atoms with Crippen molar-refractivity contribution in [2.24, 2.45) is 21.8 Å². The van der Waals surface area contributed by atoms with Crippen LogP contribution in [0.25, 0.3) is 10.2 Å². The van der Waals surface area contributed by atoms with Crippen LogP contribution >= 0.6 is 11.3 Å². The Labute approximate surface area is 150 Å². The third kappa shape index (κ3) is 2.36. The lowest BCUT2D eigenvalue weighted by Gasteiger charge is -2.34. The van der Waals surface area contributed by atoms with Crippen LogP contribution in [0.3, 0.4) is 0 Å². The summed E-state index contributed by atoms with van der Waals surface area (Å²) in [5, 5.41) is 6.81. The molecule has 2 aromatic rings. The summed E-state index contributed by atoms with van der Waals surface area (Å²) in [6.45, 7) is 6.79.